The Labute approximate surface area is 295 Å². The molecule has 4 aromatic rings. The first-order valence-electron chi connectivity index (χ1n) is 14.3. The van der Waals surface area contributed by atoms with Gasteiger partial charge in [-0.15, -0.1) is 0 Å². The Bertz CT molecular complexity index is 1990. The summed E-state index contributed by atoms with van der Waals surface area (Å²) in [7, 11) is 0. The topological polar surface area (TPSA) is 122 Å². The van der Waals surface area contributed by atoms with E-state index >= 15 is 0 Å². The van der Waals surface area contributed by atoms with Crippen LogP contribution in [0, 0.1) is 17.3 Å². The summed E-state index contributed by atoms with van der Waals surface area (Å²) in [5.74, 6) is 0.852. The third kappa shape index (κ3) is 7.36. The molecular weight excluding hydrogens is 836 g/mol. The van der Waals surface area contributed by atoms with E-state index in [4.69, 9.17) is 14.2 Å². The van der Waals surface area contributed by atoms with Crippen molar-refractivity contribution < 1.29 is 23.9 Å². The maximum Gasteiger partial charge on any atom is 0.338 e. The first-order valence-corrected chi connectivity index (χ1v) is 17.3. The van der Waals surface area contributed by atoms with Crippen molar-refractivity contribution >= 4 is 74.3 Å². The van der Waals surface area contributed by atoms with Crippen molar-refractivity contribution in [1.29, 1.82) is 0 Å². The van der Waals surface area contributed by atoms with Crippen molar-refractivity contribution in [1.82, 2.24) is 4.57 Å². The molecule has 0 N–H and O–H groups in total. The highest BCUT2D eigenvalue weighted by atomic mass is 127. The molecule has 0 aliphatic carbocycles. The molecular formula is C33H29I2N3O7S. The first-order chi connectivity index (χ1) is 22.0. The molecule has 238 valence electrons. The molecule has 0 fully saturated rings. The van der Waals surface area contributed by atoms with E-state index in [-0.39, 0.29) is 30.6 Å². The van der Waals surface area contributed by atoms with Gasteiger partial charge in [-0.1, -0.05) is 23.5 Å². The smallest absolute Gasteiger partial charge is 0.338 e. The Hall–Kier alpha value is -3.57. The summed E-state index contributed by atoms with van der Waals surface area (Å²) in [5.41, 5.74) is 2.91. The van der Waals surface area contributed by atoms with Crippen molar-refractivity contribution in [3.05, 3.63) is 126 Å². The molecule has 1 aliphatic rings. The minimum Gasteiger partial charge on any atom is -0.491 e. The summed E-state index contributed by atoms with van der Waals surface area (Å²) < 4.78 is 21.0. The minimum atomic E-state index is -0.721. The fraction of sp³-hybridized carbons (Fsp3) is 0.242. The third-order valence-electron chi connectivity index (χ3n) is 6.93. The molecule has 0 saturated carbocycles. The van der Waals surface area contributed by atoms with Crippen LogP contribution in [0.15, 0.2) is 81.7 Å². The van der Waals surface area contributed by atoms with Gasteiger partial charge in [-0.05, 0) is 132 Å². The van der Waals surface area contributed by atoms with Crippen LogP contribution in [0.4, 0.5) is 5.69 Å². The predicted octanol–water partition coefficient (Wildman–Crippen LogP) is 6.28. The van der Waals surface area contributed by atoms with Gasteiger partial charge in [0.15, 0.2) is 4.80 Å². The molecule has 1 aromatic heterocycles. The molecule has 0 bridgehead atoms. The van der Waals surface area contributed by atoms with E-state index in [2.05, 4.69) is 50.2 Å². The molecule has 13 heteroatoms. The van der Waals surface area contributed by atoms with E-state index in [9.17, 15) is 19.7 Å². The molecule has 1 aliphatic heterocycles. The summed E-state index contributed by atoms with van der Waals surface area (Å²) in [4.78, 5) is 42.9. The minimum absolute atomic E-state index is 0.00237. The van der Waals surface area contributed by atoms with Crippen molar-refractivity contribution in [3.8, 4) is 11.5 Å². The number of non-ortho nitro benzene ring substituents is 1. The average Bonchev–Trinajstić information content (AvgIpc) is 3.30. The number of nitro groups is 1. The Morgan fingerprint density at radius 3 is 2.35 bits per heavy atom. The van der Waals surface area contributed by atoms with E-state index < -0.39 is 16.9 Å². The van der Waals surface area contributed by atoms with Crippen LogP contribution in [0.3, 0.4) is 0 Å². The van der Waals surface area contributed by atoms with Gasteiger partial charge in [0.2, 0.25) is 0 Å². The highest BCUT2D eigenvalue weighted by Gasteiger charge is 2.33. The maximum atomic E-state index is 14.0. The number of ether oxygens (including phenoxy) is 3. The number of hydrogen-bond donors (Lipinski definition) is 0. The fourth-order valence-electron chi connectivity index (χ4n) is 4.93. The molecule has 1 atom stereocenters. The van der Waals surface area contributed by atoms with E-state index in [0.29, 0.717) is 32.1 Å². The number of nitro benzene ring substituents is 1. The van der Waals surface area contributed by atoms with Gasteiger partial charge in [0.25, 0.3) is 11.2 Å². The Balaban J connectivity index is 1.51. The number of rotatable bonds is 10. The molecule has 46 heavy (non-hydrogen) atoms. The van der Waals surface area contributed by atoms with Crippen LogP contribution >= 0.6 is 56.5 Å². The van der Waals surface area contributed by atoms with Crippen LogP contribution in [0.2, 0.25) is 0 Å². The Morgan fingerprint density at radius 1 is 1.11 bits per heavy atom. The number of benzene rings is 3. The summed E-state index contributed by atoms with van der Waals surface area (Å²) in [6.45, 7) is 7.83. The van der Waals surface area contributed by atoms with Gasteiger partial charge < -0.3 is 14.2 Å². The number of hydrogen-bond acceptors (Lipinski definition) is 9. The normalized spacial score (nSPS) is 14.6. The number of halogens is 2. The number of fused-ring (bicyclic) bond motifs is 1. The molecule has 0 saturated heterocycles. The molecule has 5 rings (SSSR count). The molecule has 0 unspecified atom stereocenters. The Morgan fingerprint density at radius 2 is 1.76 bits per heavy atom. The van der Waals surface area contributed by atoms with Crippen LogP contribution in [0.5, 0.6) is 11.5 Å². The molecule has 0 amide bonds. The number of esters is 1. The van der Waals surface area contributed by atoms with Crippen LogP contribution < -0.4 is 24.4 Å². The molecule has 0 radical (unpaired) electrons. The van der Waals surface area contributed by atoms with Gasteiger partial charge in [0.05, 0.1) is 46.6 Å². The highest BCUT2D eigenvalue weighted by molar-refractivity contribution is 14.1. The van der Waals surface area contributed by atoms with Crippen molar-refractivity contribution in [3.63, 3.8) is 0 Å². The molecule has 0 spiro atoms. The molecule has 10 nitrogen and oxygen atoms in total. The van der Waals surface area contributed by atoms with Crippen LogP contribution in [-0.2, 0) is 16.1 Å². The SMILES string of the molecule is CCOC(=O)C1=C(C)N=c2s/c(=C\c3cc(I)c(OCc4ccc([N+](=O)[O-])cc4)c(I)c3)c(=O)n2[C@H]1c1ccc(OC(C)C)cc1. The summed E-state index contributed by atoms with van der Waals surface area (Å²) in [6, 6.07) is 16.7. The highest BCUT2D eigenvalue weighted by Crippen LogP contribution is 2.33. The van der Waals surface area contributed by atoms with Gasteiger partial charge in [0.1, 0.15) is 18.1 Å². The number of carbonyl (C=O) groups excluding carboxylic acids is 1. The van der Waals surface area contributed by atoms with Crippen LogP contribution in [-0.4, -0.2) is 28.2 Å². The average molecular weight is 865 g/mol. The maximum absolute atomic E-state index is 14.0. The second-order valence-electron chi connectivity index (χ2n) is 10.6. The van der Waals surface area contributed by atoms with Gasteiger partial charge in [-0.3, -0.25) is 19.5 Å². The van der Waals surface area contributed by atoms with Gasteiger partial charge in [-0.25, -0.2) is 9.79 Å². The third-order valence-corrected chi connectivity index (χ3v) is 9.52. The van der Waals surface area contributed by atoms with Crippen LogP contribution in [0.25, 0.3) is 6.08 Å². The van der Waals surface area contributed by atoms with Crippen molar-refractivity contribution in [2.45, 2.75) is 46.4 Å². The standard InChI is InChI=1S/C33H29I2N3O7S/c1-5-43-32(40)28-19(4)36-33-37(29(28)22-8-12-24(13-9-22)45-18(2)3)31(39)27(46-33)16-21-14-25(34)30(26(35)15-21)44-17-20-6-10-23(11-7-20)38(41)42/h6-16,18,29H,5,17H2,1-4H3/b27-16-/t29-/m0/s1. The predicted molar refractivity (Wildman–Crippen MR) is 192 cm³/mol. The van der Waals surface area contributed by atoms with E-state index in [1.807, 2.05) is 56.3 Å². The zero-order valence-electron chi connectivity index (χ0n) is 25.3. The lowest BCUT2D eigenvalue weighted by molar-refractivity contribution is -0.384. The summed E-state index contributed by atoms with van der Waals surface area (Å²) >= 11 is 5.64. The van der Waals surface area contributed by atoms with E-state index in [1.165, 1.54) is 23.5 Å². The van der Waals surface area contributed by atoms with E-state index in [0.717, 1.165) is 23.8 Å². The van der Waals surface area contributed by atoms with Gasteiger partial charge in [-0.2, -0.15) is 0 Å². The van der Waals surface area contributed by atoms with E-state index in [1.54, 1.807) is 30.5 Å². The lowest BCUT2D eigenvalue weighted by atomic mass is 9.96. The van der Waals surface area contributed by atoms with Gasteiger partial charge in [0, 0.05) is 12.1 Å². The number of carbonyl (C=O) groups is 1. The fourth-order valence-corrected chi connectivity index (χ4v) is 8.10. The number of aromatic nitrogens is 1. The zero-order valence-corrected chi connectivity index (χ0v) is 30.4. The largest absolute Gasteiger partial charge is 0.491 e. The summed E-state index contributed by atoms with van der Waals surface area (Å²) in [6.07, 6.45) is 1.82. The quantitative estimate of drug-likeness (QED) is 0.0797. The second kappa shape index (κ2) is 14.5. The number of allylic oxidation sites excluding steroid dienone is 1. The van der Waals surface area contributed by atoms with Gasteiger partial charge >= 0.3 is 5.97 Å². The van der Waals surface area contributed by atoms with Crippen molar-refractivity contribution in [2.24, 2.45) is 4.99 Å². The zero-order chi connectivity index (χ0) is 33.1. The monoisotopic (exact) mass is 865 g/mol. The second-order valence-corrected chi connectivity index (χ2v) is 13.9. The van der Waals surface area contributed by atoms with Crippen LogP contribution in [0.1, 0.15) is 50.4 Å². The lowest BCUT2D eigenvalue weighted by Crippen LogP contribution is -2.39. The Kier molecular flexibility index (Phi) is 10.6. The number of thiazole rings is 1. The number of nitrogens with zero attached hydrogens (tertiary/aromatic N) is 3. The lowest BCUT2D eigenvalue weighted by Gasteiger charge is -2.25. The molecule has 2 heterocycles. The molecule has 3 aromatic carbocycles. The summed E-state index contributed by atoms with van der Waals surface area (Å²) in [5, 5.41) is 10.9. The van der Waals surface area contributed by atoms with Crippen molar-refractivity contribution in [2.75, 3.05) is 6.61 Å². The first kappa shape index (κ1) is 33.8.